The summed E-state index contributed by atoms with van der Waals surface area (Å²) in [6, 6.07) is 8.69. The first-order valence-electron chi connectivity index (χ1n) is 10.2. The second-order valence-electron chi connectivity index (χ2n) is 7.63. The Morgan fingerprint density at radius 1 is 1.12 bits per heavy atom. The molecule has 0 saturated heterocycles. The number of nitrogens with two attached hydrogens (primary N) is 1. The first-order valence-corrected chi connectivity index (χ1v) is 10.2. The van der Waals surface area contributed by atoms with Crippen LogP contribution >= 0.6 is 0 Å². The molecule has 0 bridgehead atoms. The lowest BCUT2D eigenvalue weighted by molar-refractivity contribution is 0.161. The average molecular weight is 432 g/mol. The predicted octanol–water partition coefficient (Wildman–Crippen LogP) is 4.23. The molecule has 0 radical (unpaired) electrons. The Labute approximate surface area is 184 Å². The Balaban J connectivity index is 1.62. The molecule has 3 N–H and O–H groups in total. The summed E-state index contributed by atoms with van der Waals surface area (Å²) < 4.78 is 31.9. The van der Waals surface area contributed by atoms with Crippen molar-refractivity contribution in [1.82, 2.24) is 9.97 Å². The quantitative estimate of drug-likeness (QED) is 0.472. The molecule has 2 aliphatic heterocycles. The van der Waals surface area contributed by atoms with Crippen LogP contribution in [-0.4, -0.2) is 35.8 Å². The van der Waals surface area contributed by atoms with Crippen LogP contribution in [0.15, 0.2) is 55.1 Å². The highest BCUT2D eigenvalue weighted by atomic mass is 19.1. The summed E-state index contributed by atoms with van der Waals surface area (Å²) >= 11 is 0. The first kappa shape index (κ1) is 20.1. The van der Waals surface area contributed by atoms with Crippen LogP contribution < -0.4 is 10.5 Å². The zero-order chi connectivity index (χ0) is 22.1. The predicted molar refractivity (Wildman–Crippen MR) is 117 cm³/mol. The van der Waals surface area contributed by atoms with Gasteiger partial charge in [-0.25, -0.2) is 14.4 Å². The van der Waals surface area contributed by atoms with Crippen molar-refractivity contribution in [1.29, 1.82) is 5.41 Å². The van der Waals surface area contributed by atoms with Crippen LogP contribution in [0, 0.1) is 11.2 Å². The van der Waals surface area contributed by atoms with Crippen molar-refractivity contribution in [3.8, 4) is 22.6 Å². The van der Waals surface area contributed by atoms with E-state index in [9.17, 15) is 4.39 Å². The number of nitrogens with one attached hydrogen (secondary N) is 1. The van der Waals surface area contributed by atoms with Crippen molar-refractivity contribution in [3.05, 3.63) is 77.6 Å². The van der Waals surface area contributed by atoms with Crippen molar-refractivity contribution in [2.24, 2.45) is 5.73 Å². The van der Waals surface area contributed by atoms with Crippen molar-refractivity contribution < 1.29 is 18.6 Å². The van der Waals surface area contributed by atoms with Crippen molar-refractivity contribution in [2.75, 3.05) is 19.8 Å². The minimum atomic E-state index is -0.433. The maximum atomic E-state index is 14.9. The Bertz CT molecular complexity index is 1210. The molecule has 5 rings (SSSR count). The van der Waals surface area contributed by atoms with Crippen LogP contribution in [0.3, 0.4) is 0 Å². The summed E-state index contributed by atoms with van der Waals surface area (Å²) in [7, 11) is 0. The number of rotatable bonds is 4. The third-order valence-electron chi connectivity index (χ3n) is 5.69. The second kappa shape index (κ2) is 8.39. The van der Waals surface area contributed by atoms with Gasteiger partial charge < -0.3 is 19.9 Å². The molecule has 0 saturated carbocycles. The van der Waals surface area contributed by atoms with Crippen LogP contribution in [-0.2, 0) is 9.47 Å². The highest BCUT2D eigenvalue weighted by Gasteiger charge is 2.30. The summed E-state index contributed by atoms with van der Waals surface area (Å²) in [5.74, 6) is 0.297. The third-order valence-corrected chi connectivity index (χ3v) is 5.69. The average Bonchev–Trinajstić information content (AvgIpc) is 2.82. The number of nitrogens with zero attached hydrogens (tertiary/aromatic N) is 2. The van der Waals surface area contributed by atoms with E-state index in [1.807, 2.05) is 12.1 Å². The topological polar surface area (TPSA) is 103 Å². The molecular formula is C24H21FN4O3. The van der Waals surface area contributed by atoms with E-state index in [2.05, 4.69) is 22.1 Å². The van der Waals surface area contributed by atoms with Gasteiger partial charge in [0.25, 0.3) is 6.02 Å². The molecule has 1 atom stereocenters. The highest BCUT2D eigenvalue weighted by molar-refractivity contribution is 5.72. The lowest BCUT2D eigenvalue weighted by Crippen LogP contribution is -2.22. The van der Waals surface area contributed by atoms with Gasteiger partial charge in [0.15, 0.2) is 0 Å². The number of ether oxygens (including phenoxy) is 3. The molecule has 8 heteroatoms. The van der Waals surface area contributed by atoms with Crippen LogP contribution in [0.4, 0.5) is 4.39 Å². The number of halogens is 1. The Morgan fingerprint density at radius 2 is 1.94 bits per heavy atom. The molecule has 2 aromatic carbocycles. The molecule has 0 fully saturated rings. The Kier molecular flexibility index (Phi) is 5.28. The van der Waals surface area contributed by atoms with Gasteiger partial charge in [-0.1, -0.05) is 12.1 Å². The molecular weight excluding hydrogens is 411 g/mol. The highest BCUT2D eigenvalue weighted by Crippen LogP contribution is 2.47. The molecule has 0 aliphatic carbocycles. The summed E-state index contributed by atoms with van der Waals surface area (Å²) in [6.45, 7) is 1.39. The van der Waals surface area contributed by atoms with Crippen molar-refractivity contribution in [3.63, 3.8) is 0 Å². The smallest absolute Gasteiger partial charge is 0.279 e. The maximum absolute atomic E-state index is 14.9. The number of amidine groups is 1. The van der Waals surface area contributed by atoms with E-state index < -0.39 is 5.82 Å². The van der Waals surface area contributed by atoms with E-state index in [1.165, 1.54) is 18.0 Å². The van der Waals surface area contributed by atoms with E-state index in [1.54, 1.807) is 18.5 Å². The molecule has 0 unspecified atom stereocenters. The molecule has 0 amide bonds. The van der Waals surface area contributed by atoms with E-state index in [0.29, 0.717) is 35.8 Å². The third kappa shape index (κ3) is 3.80. The summed E-state index contributed by atoms with van der Waals surface area (Å²) in [6.07, 6.45) is 7.43. The zero-order valence-corrected chi connectivity index (χ0v) is 17.2. The fraction of sp³-hybridized carbons (Fsp3) is 0.208. The molecule has 162 valence electrons. The van der Waals surface area contributed by atoms with Gasteiger partial charge >= 0.3 is 0 Å². The molecule has 3 heterocycles. The SMILES string of the molecule is N=C(N)OC[C@H]1c2cc(C3=CCOCC3)ccc2Oc2cc(F)c(-c3cncnc3)cc21. The summed E-state index contributed by atoms with van der Waals surface area (Å²) in [5, 5.41) is 7.52. The van der Waals surface area contributed by atoms with Crippen LogP contribution in [0.1, 0.15) is 29.0 Å². The molecule has 0 spiro atoms. The molecule has 1 aromatic heterocycles. The number of aromatic nitrogens is 2. The number of hydrogen-bond donors (Lipinski definition) is 2. The van der Waals surface area contributed by atoms with Gasteiger partial charge in [-0.15, -0.1) is 0 Å². The molecule has 7 nitrogen and oxygen atoms in total. The van der Waals surface area contributed by atoms with Gasteiger partial charge in [0.1, 0.15) is 30.3 Å². The van der Waals surface area contributed by atoms with E-state index in [0.717, 1.165) is 23.1 Å². The fourth-order valence-corrected chi connectivity index (χ4v) is 4.13. The maximum Gasteiger partial charge on any atom is 0.279 e. The first-order chi connectivity index (χ1) is 15.6. The minimum Gasteiger partial charge on any atom is -0.465 e. The molecule has 2 aliphatic rings. The van der Waals surface area contributed by atoms with E-state index in [4.69, 9.17) is 25.4 Å². The van der Waals surface area contributed by atoms with Crippen molar-refractivity contribution in [2.45, 2.75) is 12.3 Å². The van der Waals surface area contributed by atoms with E-state index >= 15 is 0 Å². The van der Waals surface area contributed by atoms with Crippen LogP contribution in [0.2, 0.25) is 0 Å². The number of fused-ring (bicyclic) bond motifs is 2. The zero-order valence-electron chi connectivity index (χ0n) is 17.2. The number of hydrogen-bond acceptors (Lipinski definition) is 6. The monoisotopic (exact) mass is 432 g/mol. The summed E-state index contributed by atoms with van der Waals surface area (Å²) in [4.78, 5) is 7.99. The lowest BCUT2D eigenvalue weighted by atomic mass is 9.85. The van der Waals surface area contributed by atoms with Gasteiger partial charge in [0, 0.05) is 40.7 Å². The second-order valence-corrected chi connectivity index (χ2v) is 7.63. The Hall–Kier alpha value is -3.78. The minimum absolute atomic E-state index is 0.126. The molecule has 32 heavy (non-hydrogen) atoms. The van der Waals surface area contributed by atoms with Gasteiger partial charge in [-0.3, -0.25) is 5.41 Å². The van der Waals surface area contributed by atoms with Crippen molar-refractivity contribution >= 4 is 11.6 Å². The van der Waals surface area contributed by atoms with E-state index in [-0.39, 0.29) is 18.5 Å². The standard InChI is InChI=1S/C24H21FN4O3/c25-21-9-23-19(8-17(21)16-10-28-13-29-11-16)20(12-31-24(26)27)18-7-15(1-2-22(18)32-23)14-3-5-30-6-4-14/h1-3,7-11,13,20H,4-6,12H2,(H3,26,27)/t20-/m0/s1. The van der Waals surface area contributed by atoms with Crippen LogP contribution in [0.5, 0.6) is 11.5 Å². The van der Waals surface area contributed by atoms with Gasteiger partial charge in [-0.2, -0.15) is 0 Å². The van der Waals surface area contributed by atoms with Gasteiger partial charge in [0.05, 0.1) is 19.1 Å². The van der Waals surface area contributed by atoms with Gasteiger partial charge in [0.2, 0.25) is 0 Å². The Morgan fingerprint density at radius 3 is 2.69 bits per heavy atom. The number of benzene rings is 2. The van der Waals surface area contributed by atoms with Crippen LogP contribution in [0.25, 0.3) is 16.7 Å². The normalized spacial score (nSPS) is 16.9. The summed E-state index contributed by atoms with van der Waals surface area (Å²) in [5.41, 5.74) is 10.3. The largest absolute Gasteiger partial charge is 0.465 e. The molecule has 3 aromatic rings. The lowest BCUT2D eigenvalue weighted by Gasteiger charge is -2.29. The fourth-order valence-electron chi connectivity index (χ4n) is 4.13. The van der Waals surface area contributed by atoms with Gasteiger partial charge in [-0.05, 0) is 35.8 Å².